The molecule has 3 unspecified atom stereocenters. The largest absolute Gasteiger partial charge is 0.472 e. The summed E-state index contributed by atoms with van der Waals surface area (Å²) in [5, 5.41) is 10.6. The maximum Gasteiger partial charge on any atom is 0.472 e. The number of hydrogen-bond acceptors (Lipinski definition) is 15. The molecule has 0 saturated carbocycles. The zero-order valence-electron chi connectivity index (χ0n) is 59.9. The molecule has 0 fully saturated rings. The average Bonchev–Trinajstić information content (AvgIpc) is 3.60. The highest BCUT2D eigenvalue weighted by atomic mass is 31.2. The van der Waals surface area contributed by atoms with E-state index in [4.69, 9.17) is 37.0 Å². The summed E-state index contributed by atoms with van der Waals surface area (Å²) in [5.41, 5.74) is 0. The molecule has 0 saturated heterocycles. The van der Waals surface area contributed by atoms with Gasteiger partial charge in [-0.15, -0.1) is 0 Å². The van der Waals surface area contributed by atoms with E-state index in [0.717, 1.165) is 108 Å². The lowest BCUT2D eigenvalue weighted by atomic mass is 10.00. The quantitative estimate of drug-likeness (QED) is 0.0222. The smallest absolute Gasteiger partial charge is 0.462 e. The summed E-state index contributed by atoms with van der Waals surface area (Å²) in [7, 11) is -9.91. The molecule has 0 radical (unpaired) electrons. The summed E-state index contributed by atoms with van der Waals surface area (Å²) in [6.45, 7) is 9.53. The minimum absolute atomic E-state index is 0.107. The van der Waals surface area contributed by atoms with Gasteiger partial charge in [-0.1, -0.05) is 324 Å². The summed E-state index contributed by atoms with van der Waals surface area (Å²) < 4.78 is 68.4. The standard InChI is InChI=1S/C73H142O17P2/c1-7-10-12-14-16-18-20-22-23-24-26-28-34-38-46-52-58-72(77)89-68(61-83-70(75)55-49-43-36-32-30-29-31-35-41-47-53-65(4)5)63-87-91(79,80)85-59-67(74)60-86-92(81,82)88-64-69(62-84-71(76)56-50-44-40-39-42-48-54-66(6)9-3)90-73(78)57-51-45-37-33-27-25-21-19-17-15-13-11-8-2/h65-69,74H,7-64H2,1-6H3,(H,79,80)(H,81,82)/t66?,67-,68-,69-/m1/s1. The van der Waals surface area contributed by atoms with Gasteiger partial charge in [-0.2, -0.15) is 0 Å². The van der Waals surface area contributed by atoms with E-state index in [2.05, 4.69) is 41.5 Å². The van der Waals surface area contributed by atoms with Gasteiger partial charge in [0.15, 0.2) is 12.2 Å². The van der Waals surface area contributed by atoms with Gasteiger partial charge in [-0.3, -0.25) is 37.3 Å². The van der Waals surface area contributed by atoms with Crippen molar-refractivity contribution in [1.29, 1.82) is 0 Å². The third-order valence-electron chi connectivity index (χ3n) is 17.3. The Bertz CT molecular complexity index is 1790. The highest BCUT2D eigenvalue weighted by molar-refractivity contribution is 7.47. The zero-order chi connectivity index (χ0) is 67.9. The summed E-state index contributed by atoms with van der Waals surface area (Å²) >= 11 is 0. The van der Waals surface area contributed by atoms with Crippen molar-refractivity contribution in [2.45, 2.75) is 394 Å². The van der Waals surface area contributed by atoms with Gasteiger partial charge in [0.25, 0.3) is 0 Å². The highest BCUT2D eigenvalue weighted by Gasteiger charge is 2.30. The number of unbranched alkanes of at least 4 members (excludes halogenated alkanes) is 41. The lowest BCUT2D eigenvalue weighted by Crippen LogP contribution is -2.30. The van der Waals surface area contributed by atoms with Gasteiger partial charge in [-0.05, 0) is 37.5 Å². The number of esters is 4. The molecule has 0 heterocycles. The van der Waals surface area contributed by atoms with Crippen molar-refractivity contribution in [2.75, 3.05) is 39.6 Å². The Balaban J connectivity index is 5.25. The van der Waals surface area contributed by atoms with Crippen LogP contribution in [0.4, 0.5) is 0 Å². The molecule has 17 nitrogen and oxygen atoms in total. The number of aliphatic hydroxyl groups is 1. The van der Waals surface area contributed by atoms with Gasteiger partial charge in [-0.25, -0.2) is 9.13 Å². The Morgan fingerprint density at radius 3 is 0.826 bits per heavy atom. The van der Waals surface area contributed by atoms with Gasteiger partial charge >= 0.3 is 39.5 Å². The first-order chi connectivity index (χ1) is 44.4. The van der Waals surface area contributed by atoms with E-state index < -0.39 is 97.5 Å². The van der Waals surface area contributed by atoms with Gasteiger partial charge < -0.3 is 33.8 Å². The highest BCUT2D eigenvalue weighted by Crippen LogP contribution is 2.45. The second-order valence-corrected chi connectivity index (χ2v) is 30.0. The number of aliphatic hydroxyl groups excluding tert-OH is 1. The van der Waals surface area contributed by atoms with Crippen LogP contribution >= 0.6 is 15.6 Å². The molecule has 19 heteroatoms. The topological polar surface area (TPSA) is 237 Å². The third kappa shape index (κ3) is 65.4. The van der Waals surface area contributed by atoms with Crippen molar-refractivity contribution in [3.8, 4) is 0 Å². The van der Waals surface area contributed by atoms with E-state index in [1.807, 2.05) is 0 Å². The normalized spacial score (nSPS) is 14.4. The molecule has 6 atom stereocenters. The van der Waals surface area contributed by atoms with Crippen LogP contribution in [0.25, 0.3) is 0 Å². The molecule has 0 aromatic rings. The van der Waals surface area contributed by atoms with E-state index in [1.54, 1.807) is 0 Å². The Hall–Kier alpha value is -1.94. The molecule has 0 aromatic heterocycles. The van der Waals surface area contributed by atoms with Crippen LogP contribution < -0.4 is 0 Å². The molecule has 0 amide bonds. The fraction of sp³-hybridized carbons (Fsp3) is 0.945. The molecule has 92 heavy (non-hydrogen) atoms. The average molecular weight is 1350 g/mol. The van der Waals surface area contributed by atoms with Crippen LogP contribution in [0.2, 0.25) is 0 Å². The van der Waals surface area contributed by atoms with Crippen LogP contribution in [0.1, 0.15) is 375 Å². The van der Waals surface area contributed by atoms with Crippen LogP contribution in [-0.2, 0) is 65.4 Å². The number of carbonyl (C=O) groups excluding carboxylic acids is 4. The maximum atomic E-state index is 13.1. The van der Waals surface area contributed by atoms with E-state index >= 15 is 0 Å². The molecule has 546 valence electrons. The van der Waals surface area contributed by atoms with Crippen molar-refractivity contribution in [3.63, 3.8) is 0 Å². The minimum Gasteiger partial charge on any atom is -0.462 e. The van der Waals surface area contributed by atoms with Crippen LogP contribution in [0.3, 0.4) is 0 Å². The summed E-state index contributed by atoms with van der Waals surface area (Å²) in [4.78, 5) is 72.7. The van der Waals surface area contributed by atoms with E-state index in [-0.39, 0.29) is 25.7 Å². The molecule has 0 aromatic carbocycles. The van der Waals surface area contributed by atoms with Gasteiger partial charge in [0.1, 0.15) is 19.3 Å². The first-order valence-electron chi connectivity index (χ1n) is 38.0. The molecule has 0 rings (SSSR count). The second kappa shape index (κ2) is 65.0. The lowest BCUT2D eigenvalue weighted by Gasteiger charge is -2.21. The molecular weight excluding hydrogens is 1210 g/mol. The molecule has 0 aliphatic carbocycles. The number of phosphoric acid groups is 2. The molecule has 3 N–H and O–H groups in total. The molecule has 0 bridgehead atoms. The van der Waals surface area contributed by atoms with E-state index in [1.165, 1.54) is 186 Å². The lowest BCUT2D eigenvalue weighted by molar-refractivity contribution is -0.161. The summed E-state index contributed by atoms with van der Waals surface area (Å²) in [5.74, 6) is -0.629. The van der Waals surface area contributed by atoms with Crippen molar-refractivity contribution >= 4 is 39.5 Å². The molecule has 0 spiro atoms. The van der Waals surface area contributed by atoms with Gasteiger partial charge in [0, 0.05) is 25.7 Å². The van der Waals surface area contributed by atoms with Crippen molar-refractivity contribution in [1.82, 2.24) is 0 Å². The van der Waals surface area contributed by atoms with Gasteiger partial charge in [0.05, 0.1) is 26.4 Å². The Morgan fingerprint density at radius 2 is 0.554 bits per heavy atom. The summed E-state index contributed by atoms with van der Waals surface area (Å²) in [6.07, 6.45) is 51.2. The van der Waals surface area contributed by atoms with E-state index in [0.29, 0.717) is 25.7 Å². The zero-order valence-corrected chi connectivity index (χ0v) is 61.6. The molecule has 0 aliphatic rings. The predicted octanol–water partition coefficient (Wildman–Crippen LogP) is 21.2. The van der Waals surface area contributed by atoms with E-state index in [9.17, 15) is 43.2 Å². The SMILES string of the molecule is CCCCCCCCCCCCCCCCCCC(=O)O[C@H](COC(=O)CCCCCCCCCCCCC(C)C)COP(=O)(O)OC[C@@H](O)COP(=O)(O)OC[C@@H](COC(=O)CCCCCCCCC(C)CC)OC(=O)CCCCCCCCCCCCCCC. The third-order valence-corrected chi connectivity index (χ3v) is 19.2. The number of carbonyl (C=O) groups is 4. The molecule has 0 aliphatic heterocycles. The van der Waals surface area contributed by atoms with Crippen molar-refractivity contribution in [3.05, 3.63) is 0 Å². The second-order valence-electron chi connectivity index (χ2n) is 27.1. The van der Waals surface area contributed by atoms with Gasteiger partial charge in [0.2, 0.25) is 0 Å². The van der Waals surface area contributed by atoms with Crippen LogP contribution in [0, 0.1) is 11.8 Å². The first kappa shape index (κ1) is 90.1. The Morgan fingerprint density at radius 1 is 0.315 bits per heavy atom. The van der Waals surface area contributed by atoms with Crippen LogP contribution in [0.5, 0.6) is 0 Å². The number of ether oxygens (including phenoxy) is 4. The predicted molar refractivity (Wildman–Crippen MR) is 372 cm³/mol. The maximum absolute atomic E-state index is 13.1. The van der Waals surface area contributed by atoms with Crippen LogP contribution in [0.15, 0.2) is 0 Å². The molecular formula is C73H142O17P2. The first-order valence-corrected chi connectivity index (χ1v) is 41.0. The number of hydrogen-bond donors (Lipinski definition) is 3. The van der Waals surface area contributed by atoms with Crippen molar-refractivity contribution < 1.29 is 80.2 Å². The summed E-state index contributed by atoms with van der Waals surface area (Å²) in [6, 6.07) is 0. The number of rotatable bonds is 72. The Kier molecular flexibility index (Phi) is 63.7. The fourth-order valence-electron chi connectivity index (χ4n) is 11.1. The monoisotopic (exact) mass is 1350 g/mol. The Labute approximate surface area is 562 Å². The minimum atomic E-state index is -4.95. The van der Waals surface area contributed by atoms with Crippen LogP contribution in [-0.4, -0.2) is 96.7 Å². The number of phosphoric ester groups is 2. The fourth-order valence-corrected chi connectivity index (χ4v) is 12.7. The van der Waals surface area contributed by atoms with Crippen molar-refractivity contribution in [2.24, 2.45) is 11.8 Å².